The third-order valence-corrected chi connectivity index (χ3v) is 5.60. The molecule has 2 aromatic carbocycles. The summed E-state index contributed by atoms with van der Waals surface area (Å²) in [6.07, 6.45) is 0. The van der Waals surface area contributed by atoms with E-state index in [1.165, 1.54) is 11.1 Å². The summed E-state index contributed by atoms with van der Waals surface area (Å²) in [7, 11) is -1.99. The van der Waals surface area contributed by atoms with Crippen LogP contribution in [0.3, 0.4) is 0 Å². The molecule has 1 aliphatic heterocycles. The van der Waals surface area contributed by atoms with Gasteiger partial charge in [0.25, 0.3) is 0 Å². The highest BCUT2D eigenvalue weighted by Crippen LogP contribution is 2.21. The second kappa shape index (κ2) is 6.31. The summed E-state index contributed by atoms with van der Waals surface area (Å²) in [6.45, 7) is 3.76. The van der Waals surface area contributed by atoms with Gasteiger partial charge in [0.2, 0.25) is 10.0 Å². The average Bonchev–Trinajstić information content (AvgIpc) is 3.00. The van der Waals surface area contributed by atoms with Gasteiger partial charge in [-0.2, -0.15) is 0 Å². The monoisotopic (exact) mass is 332 g/mol. The number of fused-ring (bicyclic) bond motifs is 1. The Morgan fingerprint density at radius 1 is 1.13 bits per heavy atom. The largest absolute Gasteiger partial charge is 0.497 e. The van der Waals surface area contributed by atoms with E-state index in [0.717, 1.165) is 18.7 Å². The first-order valence-electron chi connectivity index (χ1n) is 7.45. The molecule has 0 saturated carbocycles. The Kier molecular flexibility index (Phi) is 4.39. The third-order valence-electron chi connectivity index (χ3n) is 4.04. The molecule has 0 saturated heterocycles. The molecule has 122 valence electrons. The van der Waals surface area contributed by atoms with Gasteiger partial charge >= 0.3 is 0 Å². The van der Waals surface area contributed by atoms with Crippen molar-refractivity contribution >= 4 is 10.0 Å². The summed E-state index contributed by atoms with van der Waals surface area (Å²) in [5.74, 6) is 0.646. The van der Waals surface area contributed by atoms with Crippen LogP contribution in [-0.2, 0) is 29.7 Å². The number of ether oxygens (including phenoxy) is 1. The summed E-state index contributed by atoms with van der Waals surface area (Å²) in [5.41, 5.74) is 4.14. The molecule has 0 radical (unpaired) electrons. The van der Waals surface area contributed by atoms with Gasteiger partial charge in [0, 0.05) is 19.6 Å². The molecule has 0 fully saturated rings. The van der Waals surface area contributed by atoms with E-state index in [1.807, 2.05) is 6.07 Å². The zero-order valence-corrected chi connectivity index (χ0v) is 14.0. The smallest absolute Gasteiger partial charge is 0.241 e. The first kappa shape index (κ1) is 16.0. The van der Waals surface area contributed by atoms with Crippen LogP contribution in [0, 0.1) is 6.92 Å². The van der Waals surface area contributed by atoms with Crippen LogP contribution in [0.4, 0.5) is 0 Å². The highest BCUT2D eigenvalue weighted by molar-refractivity contribution is 7.89. The molecule has 2 aromatic rings. The Morgan fingerprint density at radius 2 is 1.91 bits per heavy atom. The fourth-order valence-electron chi connectivity index (χ4n) is 2.76. The molecule has 3 rings (SSSR count). The zero-order chi connectivity index (χ0) is 16.4. The fraction of sp³-hybridized carbons (Fsp3) is 0.294. The predicted molar refractivity (Wildman–Crippen MR) is 88.7 cm³/mol. The standard InChI is InChI=1S/C17H20N2O3S/c1-12-7-16(22-2)5-6-17(12)23(20,21)19-9-13-3-4-14-10-18-11-15(14)8-13/h3-8,18-19H,9-11H2,1-2H3. The number of hydrogen-bond acceptors (Lipinski definition) is 4. The summed E-state index contributed by atoms with van der Waals surface area (Å²) < 4.78 is 32.8. The van der Waals surface area contributed by atoms with Crippen molar-refractivity contribution in [2.75, 3.05) is 7.11 Å². The van der Waals surface area contributed by atoms with Crippen molar-refractivity contribution in [1.82, 2.24) is 10.0 Å². The number of rotatable bonds is 5. The molecule has 2 N–H and O–H groups in total. The van der Waals surface area contributed by atoms with E-state index in [2.05, 4.69) is 22.2 Å². The highest BCUT2D eigenvalue weighted by Gasteiger charge is 2.17. The Hall–Kier alpha value is -1.89. The van der Waals surface area contributed by atoms with Crippen LogP contribution in [0.1, 0.15) is 22.3 Å². The van der Waals surface area contributed by atoms with Crippen LogP contribution in [0.2, 0.25) is 0 Å². The van der Waals surface area contributed by atoms with Gasteiger partial charge in [0.05, 0.1) is 12.0 Å². The van der Waals surface area contributed by atoms with Crippen molar-refractivity contribution in [2.45, 2.75) is 31.5 Å². The molecule has 5 nitrogen and oxygen atoms in total. The molecule has 0 aromatic heterocycles. The quantitative estimate of drug-likeness (QED) is 0.880. The second-order valence-electron chi connectivity index (χ2n) is 5.66. The number of methoxy groups -OCH3 is 1. The highest BCUT2D eigenvalue weighted by atomic mass is 32.2. The summed E-state index contributed by atoms with van der Waals surface area (Å²) in [5, 5.41) is 3.28. The number of aryl methyl sites for hydroxylation is 1. The Balaban J connectivity index is 1.76. The van der Waals surface area contributed by atoms with Crippen LogP contribution in [0.25, 0.3) is 0 Å². The van der Waals surface area contributed by atoms with Crippen molar-refractivity contribution in [1.29, 1.82) is 0 Å². The topological polar surface area (TPSA) is 67.4 Å². The van der Waals surface area contributed by atoms with Crippen molar-refractivity contribution in [3.8, 4) is 5.75 Å². The van der Waals surface area contributed by atoms with E-state index < -0.39 is 10.0 Å². The molecular weight excluding hydrogens is 312 g/mol. The van der Waals surface area contributed by atoms with Crippen LogP contribution in [-0.4, -0.2) is 15.5 Å². The van der Waals surface area contributed by atoms with E-state index in [1.54, 1.807) is 32.2 Å². The molecular formula is C17H20N2O3S. The molecule has 0 spiro atoms. The number of nitrogens with one attached hydrogen (secondary N) is 2. The molecule has 1 aliphatic rings. The van der Waals surface area contributed by atoms with Crippen molar-refractivity contribution in [3.05, 3.63) is 58.7 Å². The maximum absolute atomic E-state index is 12.5. The number of sulfonamides is 1. The van der Waals surface area contributed by atoms with E-state index >= 15 is 0 Å². The van der Waals surface area contributed by atoms with Crippen LogP contribution >= 0.6 is 0 Å². The van der Waals surface area contributed by atoms with E-state index in [-0.39, 0.29) is 11.4 Å². The maximum atomic E-state index is 12.5. The van der Waals surface area contributed by atoms with Gasteiger partial charge in [-0.25, -0.2) is 13.1 Å². The van der Waals surface area contributed by atoms with Gasteiger partial charge < -0.3 is 10.1 Å². The van der Waals surface area contributed by atoms with E-state index in [0.29, 0.717) is 11.3 Å². The van der Waals surface area contributed by atoms with Crippen molar-refractivity contribution < 1.29 is 13.2 Å². The lowest BCUT2D eigenvalue weighted by Crippen LogP contribution is -2.24. The second-order valence-corrected chi connectivity index (χ2v) is 7.40. The minimum Gasteiger partial charge on any atom is -0.497 e. The number of benzene rings is 2. The van der Waals surface area contributed by atoms with Crippen LogP contribution in [0.5, 0.6) is 5.75 Å². The Labute approximate surface area is 136 Å². The third kappa shape index (κ3) is 3.39. The van der Waals surface area contributed by atoms with E-state index in [9.17, 15) is 8.42 Å². The van der Waals surface area contributed by atoms with Gasteiger partial charge in [0.1, 0.15) is 5.75 Å². The minimum absolute atomic E-state index is 0.279. The summed E-state index contributed by atoms with van der Waals surface area (Å²) >= 11 is 0. The van der Waals surface area contributed by atoms with Crippen LogP contribution in [0.15, 0.2) is 41.3 Å². The lowest BCUT2D eigenvalue weighted by Gasteiger charge is -2.11. The first-order chi connectivity index (χ1) is 11.0. The average molecular weight is 332 g/mol. The lowest BCUT2D eigenvalue weighted by atomic mass is 10.1. The molecule has 0 unspecified atom stereocenters. The van der Waals surface area contributed by atoms with Gasteiger partial charge in [-0.1, -0.05) is 18.2 Å². The van der Waals surface area contributed by atoms with Gasteiger partial charge in [-0.05, 0) is 47.4 Å². The van der Waals surface area contributed by atoms with Crippen molar-refractivity contribution in [3.63, 3.8) is 0 Å². The predicted octanol–water partition coefficient (Wildman–Crippen LogP) is 2.09. The molecule has 0 bridgehead atoms. The lowest BCUT2D eigenvalue weighted by molar-refractivity contribution is 0.414. The van der Waals surface area contributed by atoms with Gasteiger partial charge in [0.15, 0.2) is 0 Å². The summed E-state index contributed by atoms with van der Waals surface area (Å²) in [4.78, 5) is 0.279. The molecule has 0 atom stereocenters. The Bertz CT molecular complexity index is 832. The van der Waals surface area contributed by atoms with Gasteiger partial charge in [-0.3, -0.25) is 0 Å². The van der Waals surface area contributed by atoms with Crippen LogP contribution < -0.4 is 14.8 Å². The van der Waals surface area contributed by atoms with Gasteiger partial charge in [-0.15, -0.1) is 0 Å². The molecule has 0 aliphatic carbocycles. The zero-order valence-electron chi connectivity index (χ0n) is 13.2. The normalized spacial score (nSPS) is 13.8. The fourth-order valence-corrected chi connectivity index (χ4v) is 4.01. The molecule has 0 amide bonds. The SMILES string of the molecule is COc1ccc(S(=O)(=O)NCc2ccc3c(c2)CNC3)c(C)c1. The maximum Gasteiger partial charge on any atom is 0.241 e. The molecule has 1 heterocycles. The van der Waals surface area contributed by atoms with Crippen molar-refractivity contribution in [2.24, 2.45) is 0 Å². The Morgan fingerprint density at radius 3 is 2.65 bits per heavy atom. The number of hydrogen-bond donors (Lipinski definition) is 2. The molecule has 23 heavy (non-hydrogen) atoms. The summed E-state index contributed by atoms with van der Waals surface area (Å²) in [6, 6.07) is 11.0. The minimum atomic E-state index is -3.55. The van der Waals surface area contributed by atoms with E-state index in [4.69, 9.17) is 4.74 Å². The first-order valence-corrected chi connectivity index (χ1v) is 8.93. The molecule has 6 heteroatoms.